The summed E-state index contributed by atoms with van der Waals surface area (Å²) in [4.78, 5) is 8.01. The Hall–Kier alpha value is -1.17. The molecule has 0 amide bonds. The highest BCUT2D eigenvalue weighted by Gasteiger charge is 1.94. The normalized spacial score (nSPS) is 9.93. The third kappa shape index (κ3) is 3.16. The van der Waals surface area contributed by atoms with E-state index in [4.69, 9.17) is 0 Å². The Labute approximate surface area is 102 Å². The molecule has 0 aliphatic carbocycles. The van der Waals surface area contributed by atoms with E-state index in [1.54, 1.807) is 12.5 Å². The van der Waals surface area contributed by atoms with E-state index >= 15 is 0 Å². The van der Waals surface area contributed by atoms with Gasteiger partial charge in [0.15, 0.2) is 0 Å². The molecule has 0 spiro atoms. The molecule has 3 nitrogen and oxygen atoms in total. The van der Waals surface area contributed by atoms with Gasteiger partial charge in [-0.05, 0) is 52.9 Å². The number of anilines is 1. The van der Waals surface area contributed by atoms with Gasteiger partial charge in [-0.15, -0.1) is 0 Å². The lowest BCUT2D eigenvalue weighted by molar-refractivity contribution is 1.01. The van der Waals surface area contributed by atoms with Crippen molar-refractivity contribution in [2.45, 2.75) is 6.54 Å². The molecule has 0 saturated carbocycles. The number of aromatic nitrogens is 2. The van der Waals surface area contributed by atoms with Crippen LogP contribution in [0.15, 0.2) is 42.9 Å². The van der Waals surface area contributed by atoms with Crippen LogP contribution in [-0.2, 0) is 6.54 Å². The first-order valence-electron chi connectivity index (χ1n) is 4.59. The van der Waals surface area contributed by atoms with Gasteiger partial charge in [-0.1, -0.05) is 0 Å². The average Bonchev–Trinajstić information content (AvgIpc) is 2.30. The third-order valence-electron chi connectivity index (χ3n) is 1.96. The van der Waals surface area contributed by atoms with Gasteiger partial charge in [-0.2, -0.15) is 0 Å². The van der Waals surface area contributed by atoms with E-state index in [0.717, 1.165) is 17.9 Å². The predicted molar refractivity (Wildman–Crippen MR) is 68.5 cm³/mol. The SMILES string of the molecule is Ic1ccc(NCc2ccncn2)cc1. The van der Waals surface area contributed by atoms with Crippen molar-refractivity contribution in [2.75, 3.05) is 5.32 Å². The number of nitrogens with zero attached hydrogens (tertiary/aromatic N) is 2. The maximum Gasteiger partial charge on any atom is 0.115 e. The van der Waals surface area contributed by atoms with Gasteiger partial charge in [0, 0.05) is 15.5 Å². The fraction of sp³-hybridized carbons (Fsp3) is 0.0909. The monoisotopic (exact) mass is 311 g/mol. The minimum absolute atomic E-state index is 0.725. The van der Waals surface area contributed by atoms with Gasteiger partial charge in [0.25, 0.3) is 0 Å². The first-order chi connectivity index (χ1) is 7.34. The van der Waals surface area contributed by atoms with Crippen LogP contribution in [-0.4, -0.2) is 9.97 Å². The molecule has 1 N–H and O–H groups in total. The second kappa shape index (κ2) is 5.06. The minimum atomic E-state index is 0.725. The molecule has 1 aromatic heterocycles. The molecule has 1 aromatic carbocycles. The van der Waals surface area contributed by atoms with Crippen molar-refractivity contribution in [3.05, 3.63) is 52.1 Å². The maximum absolute atomic E-state index is 4.14. The van der Waals surface area contributed by atoms with Crippen LogP contribution in [0.2, 0.25) is 0 Å². The van der Waals surface area contributed by atoms with E-state index in [-0.39, 0.29) is 0 Å². The first kappa shape index (κ1) is 10.4. The third-order valence-corrected chi connectivity index (χ3v) is 2.68. The average molecular weight is 311 g/mol. The molecule has 0 aliphatic heterocycles. The van der Waals surface area contributed by atoms with Gasteiger partial charge in [-0.25, -0.2) is 9.97 Å². The minimum Gasteiger partial charge on any atom is -0.379 e. The van der Waals surface area contributed by atoms with E-state index < -0.39 is 0 Å². The highest BCUT2D eigenvalue weighted by Crippen LogP contribution is 2.11. The van der Waals surface area contributed by atoms with Crippen molar-refractivity contribution in [2.24, 2.45) is 0 Å². The van der Waals surface area contributed by atoms with Crippen molar-refractivity contribution in [1.82, 2.24) is 9.97 Å². The van der Waals surface area contributed by atoms with Crippen LogP contribution >= 0.6 is 22.6 Å². The Bertz CT molecular complexity index is 414. The lowest BCUT2D eigenvalue weighted by Crippen LogP contribution is -2.01. The second-order valence-corrected chi connectivity index (χ2v) is 4.31. The molecular weight excluding hydrogens is 301 g/mol. The van der Waals surface area contributed by atoms with Crippen molar-refractivity contribution < 1.29 is 0 Å². The molecule has 0 unspecified atom stereocenters. The summed E-state index contributed by atoms with van der Waals surface area (Å²) in [6, 6.07) is 10.2. The Kier molecular flexibility index (Phi) is 3.49. The van der Waals surface area contributed by atoms with Crippen LogP contribution in [0, 0.1) is 3.57 Å². The number of nitrogens with one attached hydrogen (secondary N) is 1. The summed E-state index contributed by atoms with van der Waals surface area (Å²) in [6.07, 6.45) is 3.31. The van der Waals surface area contributed by atoms with Crippen LogP contribution in [0.4, 0.5) is 5.69 Å². The van der Waals surface area contributed by atoms with E-state index in [1.165, 1.54) is 3.57 Å². The zero-order valence-electron chi connectivity index (χ0n) is 8.02. The van der Waals surface area contributed by atoms with E-state index in [2.05, 4.69) is 62.1 Å². The molecule has 15 heavy (non-hydrogen) atoms. The molecule has 2 rings (SSSR count). The van der Waals surface area contributed by atoms with Crippen LogP contribution in [0.3, 0.4) is 0 Å². The summed E-state index contributed by atoms with van der Waals surface area (Å²) >= 11 is 2.29. The highest BCUT2D eigenvalue weighted by atomic mass is 127. The first-order valence-corrected chi connectivity index (χ1v) is 5.67. The lowest BCUT2D eigenvalue weighted by Gasteiger charge is -2.05. The molecule has 0 radical (unpaired) electrons. The number of rotatable bonds is 3. The van der Waals surface area contributed by atoms with E-state index in [0.29, 0.717) is 0 Å². The Balaban J connectivity index is 1.96. The summed E-state index contributed by atoms with van der Waals surface area (Å²) in [5.41, 5.74) is 2.09. The van der Waals surface area contributed by atoms with Gasteiger partial charge in [0.05, 0.1) is 12.2 Å². The second-order valence-electron chi connectivity index (χ2n) is 3.06. The van der Waals surface area contributed by atoms with Crippen molar-refractivity contribution in [3.8, 4) is 0 Å². The largest absolute Gasteiger partial charge is 0.379 e. The summed E-state index contributed by atoms with van der Waals surface area (Å²) in [6.45, 7) is 0.725. The van der Waals surface area contributed by atoms with Gasteiger partial charge >= 0.3 is 0 Å². The standard InChI is InChI=1S/C11H10IN3/c12-9-1-3-10(4-2-9)14-7-11-5-6-13-8-15-11/h1-6,8,14H,7H2. The molecule has 0 bridgehead atoms. The summed E-state index contributed by atoms with van der Waals surface area (Å²) in [5, 5.41) is 3.29. The molecule has 1 heterocycles. The smallest absolute Gasteiger partial charge is 0.115 e. The Morgan fingerprint density at radius 2 is 1.93 bits per heavy atom. The van der Waals surface area contributed by atoms with Crippen molar-refractivity contribution >= 4 is 28.3 Å². The topological polar surface area (TPSA) is 37.8 Å². The summed E-state index contributed by atoms with van der Waals surface area (Å²) in [5.74, 6) is 0. The Morgan fingerprint density at radius 3 is 2.60 bits per heavy atom. The number of hydrogen-bond donors (Lipinski definition) is 1. The fourth-order valence-corrected chi connectivity index (χ4v) is 1.54. The number of benzene rings is 1. The van der Waals surface area contributed by atoms with Crippen molar-refractivity contribution in [1.29, 1.82) is 0 Å². The van der Waals surface area contributed by atoms with E-state index in [9.17, 15) is 0 Å². The van der Waals surface area contributed by atoms with Gasteiger partial charge in [-0.3, -0.25) is 0 Å². The molecule has 0 atom stereocenters. The maximum atomic E-state index is 4.14. The van der Waals surface area contributed by atoms with Gasteiger partial charge in [0.1, 0.15) is 6.33 Å². The molecule has 0 saturated heterocycles. The molecule has 4 heteroatoms. The van der Waals surface area contributed by atoms with E-state index in [1.807, 2.05) is 6.07 Å². The summed E-state index contributed by atoms with van der Waals surface area (Å²) < 4.78 is 1.24. The van der Waals surface area contributed by atoms with Gasteiger partial charge < -0.3 is 5.32 Å². The zero-order chi connectivity index (χ0) is 10.5. The van der Waals surface area contributed by atoms with Crippen LogP contribution < -0.4 is 5.32 Å². The molecule has 2 aromatic rings. The van der Waals surface area contributed by atoms with Crippen LogP contribution in [0.5, 0.6) is 0 Å². The molecular formula is C11H10IN3. The highest BCUT2D eigenvalue weighted by molar-refractivity contribution is 14.1. The predicted octanol–water partition coefficient (Wildman–Crippen LogP) is 2.69. The van der Waals surface area contributed by atoms with Crippen LogP contribution in [0.25, 0.3) is 0 Å². The van der Waals surface area contributed by atoms with Crippen molar-refractivity contribution in [3.63, 3.8) is 0 Å². The zero-order valence-corrected chi connectivity index (χ0v) is 10.2. The lowest BCUT2D eigenvalue weighted by atomic mass is 10.3. The van der Waals surface area contributed by atoms with Gasteiger partial charge in [0.2, 0.25) is 0 Å². The fourth-order valence-electron chi connectivity index (χ4n) is 1.18. The number of halogens is 1. The van der Waals surface area contributed by atoms with Crippen LogP contribution in [0.1, 0.15) is 5.69 Å². The molecule has 0 fully saturated rings. The quantitative estimate of drug-likeness (QED) is 0.886. The molecule has 76 valence electrons. The Morgan fingerprint density at radius 1 is 1.13 bits per heavy atom. The summed E-state index contributed by atoms with van der Waals surface area (Å²) in [7, 11) is 0. The number of hydrogen-bond acceptors (Lipinski definition) is 3. The molecule has 0 aliphatic rings.